The molecule has 0 aliphatic rings. The van der Waals surface area contributed by atoms with Crippen molar-refractivity contribution in [3.05, 3.63) is 32.2 Å². The summed E-state index contributed by atoms with van der Waals surface area (Å²) in [5, 5.41) is 0. The van der Waals surface area contributed by atoms with Gasteiger partial charge in [0.2, 0.25) is 5.78 Å². The lowest BCUT2D eigenvalue weighted by Crippen LogP contribution is -2.40. The van der Waals surface area contributed by atoms with Gasteiger partial charge in [-0.2, -0.15) is 4.98 Å². The number of rotatable bonds is 6. The van der Waals surface area contributed by atoms with Crippen LogP contribution in [0.15, 0.2) is 9.59 Å². The van der Waals surface area contributed by atoms with Gasteiger partial charge in [-0.3, -0.25) is 23.1 Å². The fourth-order valence-corrected chi connectivity index (χ4v) is 3.62. The van der Waals surface area contributed by atoms with Crippen LogP contribution in [0.3, 0.4) is 0 Å². The fraction of sp³-hybridized carbons (Fsp3) is 0.579. The van der Waals surface area contributed by atoms with Crippen LogP contribution in [0.25, 0.3) is 16.9 Å². The van der Waals surface area contributed by atoms with Gasteiger partial charge in [-0.15, -0.1) is 0 Å². The molecule has 0 N–H and O–H groups in total. The molecule has 0 spiro atoms. The van der Waals surface area contributed by atoms with Gasteiger partial charge in [0.25, 0.3) is 5.56 Å². The van der Waals surface area contributed by atoms with Crippen LogP contribution >= 0.6 is 0 Å². The first kappa shape index (κ1) is 19.9. The lowest BCUT2D eigenvalue weighted by Gasteiger charge is -2.13. The minimum Gasteiger partial charge on any atom is -0.466 e. The summed E-state index contributed by atoms with van der Waals surface area (Å²) in [4.78, 5) is 42.2. The maximum atomic E-state index is 13.2. The smallest absolute Gasteiger partial charge is 0.332 e. The summed E-state index contributed by atoms with van der Waals surface area (Å²) < 4.78 is 11.3. The zero-order valence-corrected chi connectivity index (χ0v) is 17.3. The zero-order chi connectivity index (χ0) is 20.7. The second kappa shape index (κ2) is 7.29. The van der Waals surface area contributed by atoms with Gasteiger partial charge in [-0.05, 0) is 34.1 Å². The van der Waals surface area contributed by atoms with E-state index < -0.39 is 17.2 Å². The van der Waals surface area contributed by atoms with E-state index in [1.54, 1.807) is 14.0 Å². The molecule has 0 aliphatic heterocycles. The SMILES string of the molecule is CCOC(=O)CCn1c(=O)c2c(nc3n(C(C)CC)c(C)c(C)n23)n(C)c1=O. The standard InChI is InChI=1S/C19H27N5O4/c1-7-11(3)23-12(4)13(5)24-15-16(20-18(23)24)21(6)19(27)22(17(15)26)10-9-14(25)28-8-2/h11H,7-10H2,1-6H3. The normalized spacial score (nSPS) is 12.8. The third kappa shape index (κ3) is 2.85. The highest BCUT2D eigenvalue weighted by Gasteiger charge is 2.24. The van der Waals surface area contributed by atoms with Crippen molar-refractivity contribution >= 4 is 22.9 Å². The lowest BCUT2D eigenvalue weighted by molar-refractivity contribution is -0.143. The van der Waals surface area contributed by atoms with Gasteiger partial charge in [-0.1, -0.05) is 6.92 Å². The molecule has 0 radical (unpaired) electrons. The number of nitrogens with zero attached hydrogens (tertiary/aromatic N) is 5. The monoisotopic (exact) mass is 389 g/mol. The lowest BCUT2D eigenvalue weighted by atomic mass is 10.2. The number of aromatic nitrogens is 5. The third-order valence-electron chi connectivity index (χ3n) is 5.44. The summed E-state index contributed by atoms with van der Waals surface area (Å²) in [6.45, 7) is 10.1. The van der Waals surface area contributed by atoms with Crippen LogP contribution in [-0.2, 0) is 23.1 Å². The van der Waals surface area contributed by atoms with Gasteiger partial charge >= 0.3 is 11.7 Å². The average molecular weight is 389 g/mol. The number of fused-ring (bicyclic) bond motifs is 3. The molecule has 152 valence electrons. The van der Waals surface area contributed by atoms with Crippen molar-refractivity contribution in [3.8, 4) is 0 Å². The largest absolute Gasteiger partial charge is 0.466 e. The van der Waals surface area contributed by atoms with E-state index in [0.717, 1.165) is 22.4 Å². The van der Waals surface area contributed by atoms with Crippen molar-refractivity contribution < 1.29 is 9.53 Å². The van der Waals surface area contributed by atoms with Gasteiger partial charge < -0.3 is 9.30 Å². The maximum Gasteiger partial charge on any atom is 0.332 e. The number of esters is 1. The molecule has 0 saturated heterocycles. The minimum absolute atomic E-state index is 0.0301. The second-order valence-corrected chi connectivity index (χ2v) is 7.07. The number of carbonyl (C=O) groups excluding carboxylic acids is 1. The molecule has 0 aromatic carbocycles. The Hall–Kier alpha value is -2.84. The molecule has 9 heteroatoms. The van der Waals surface area contributed by atoms with E-state index in [9.17, 15) is 14.4 Å². The molecule has 3 aromatic heterocycles. The predicted molar refractivity (Wildman–Crippen MR) is 106 cm³/mol. The van der Waals surface area contributed by atoms with Gasteiger partial charge in [0.1, 0.15) is 0 Å². The summed E-state index contributed by atoms with van der Waals surface area (Å²) >= 11 is 0. The first-order valence-corrected chi connectivity index (χ1v) is 9.59. The van der Waals surface area contributed by atoms with E-state index in [2.05, 4.69) is 23.4 Å². The maximum absolute atomic E-state index is 13.2. The van der Waals surface area contributed by atoms with Crippen LogP contribution in [0, 0.1) is 13.8 Å². The number of aryl methyl sites for hydroxylation is 2. The molecule has 0 fully saturated rings. The van der Waals surface area contributed by atoms with E-state index in [-0.39, 0.29) is 25.6 Å². The van der Waals surface area contributed by atoms with Crippen molar-refractivity contribution in [2.45, 2.75) is 60.0 Å². The molecule has 1 atom stereocenters. The molecule has 3 heterocycles. The van der Waals surface area contributed by atoms with Crippen molar-refractivity contribution in [1.29, 1.82) is 0 Å². The predicted octanol–water partition coefficient (Wildman–Crippen LogP) is 1.69. The quantitative estimate of drug-likeness (QED) is 0.598. The first-order chi connectivity index (χ1) is 13.2. The molecule has 9 nitrogen and oxygen atoms in total. The Morgan fingerprint density at radius 3 is 2.46 bits per heavy atom. The molecule has 3 aromatic rings. The van der Waals surface area contributed by atoms with Crippen LogP contribution in [0.1, 0.15) is 51.0 Å². The summed E-state index contributed by atoms with van der Waals surface area (Å²) in [6, 6.07) is 0.205. The number of hydrogen-bond donors (Lipinski definition) is 0. The van der Waals surface area contributed by atoms with Crippen molar-refractivity contribution in [3.63, 3.8) is 0 Å². The Balaban J connectivity index is 2.30. The highest BCUT2D eigenvalue weighted by molar-refractivity contribution is 5.76. The highest BCUT2D eigenvalue weighted by atomic mass is 16.5. The Bertz CT molecular complexity index is 1180. The average Bonchev–Trinajstić information content (AvgIpc) is 3.15. The molecule has 3 rings (SSSR count). The minimum atomic E-state index is -0.494. The van der Waals surface area contributed by atoms with Crippen molar-refractivity contribution in [2.75, 3.05) is 6.61 Å². The Morgan fingerprint density at radius 1 is 1.18 bits per heavy atom. The molecule has 1 unspecified atom stereocenters. The number of carbonyl (C=O) groups is 1. The topological polar surface area (TPSA) is 92.5 Å². The molecule has 28 heavy (non-hydrogen) atoms. The summed E-state index contributed by atoms with van der Waals surface area (Å²) in [5.41, 5.74) is 1.70. The van der Waals surface area contributed by atoms with Crippen molar-refractivity contribution in [2.24, 2.45) is 7.05 Å². The van der Waals surface area contributed by atoms with Crippen LogP contribution in [-0.4, -0.2) is 35.7 Å². The Morgan fingerprint density at radius 2 is 1.86 bits per heavy atom. The molecule has 0 saturated carbocycles. The molecule has 0 amide bonds. The fourth-order valence-electron chi connectivity index (χ4n) is 3.62. The highest BCUT2D eigenvalue weighted by Crippen LogP contribution is 2.25. The Labute approximate surface area is 162 Å². The van der Waals surface area contributed by atoms with E-state index in [1.807, 2.05) is 18.2 Å². The third-order valence-corrected chi connectivity index (χ3v) is 5.44. The second-order valence-electron chi connectivity index (χ2n) is 7.07. The van der Waals surface area contributed by atoms with E-state index in [0.29, 0.717) is 16.9 Å². The van der Waals surface area contributed by atoms with E-state index in [1.165, 1.54) is 4.57 Å². The van der Waals surface area contributed by atoms with Crippen LogP contribution < -0.4 is 11.2 Å². The molecule has 0 bridgehead atoms. The van der Waals surface area contributed by atoms with Crippen LogP contribution in [0.5, 0.6) is 0 Å². The summed E-state index contributed by atoms with van der Waals surface area (Å²) in [7, 11) is 1.59. The number of hydrogen-bond acceptors (Lipinski definition) is 5. The summed E-state index contributed by atoms with van der Waals surface area (Å²) in [6.07, 6.45) is 0.874. The van der Waals surface area contributed by atoms with Crippen LogP contribution in [0.4, 0.5) is 0 Å². The van der Waals surface area contributed by atoms with Crippen LogP contribution in [0.2, 0.25) is 0 Å². The zero-order valence-electron chi connectivity index (χ0n) is 17.3. The van der Waals surface area contributed by atoms with Crippen molar-refractivity contribution in [1.82, 2.24) is 23.1 Å². The van der Waals surface area contributed by atoms with Gasteiger partial charge in [0, 0.05) is 31.0 Å². The first-order valence-electron chi connectivity index (χ1n) is 9.59. The Kier molecular flexibility index (Phi) is 5.18. The van der Waals surface area contributed by atoms with Gasteiger partial charge in [0.05, 0.1) is 13.0 Å². The molecule has 0 aliphatic carbocycles. The number of ether oxygens (including phenoxy) is 1. The summed E-state index contributed by atoms with van der Waals surface area (Å²) in [5.74, 6) is 0.208. The molecular weight excluding hydrogens is 362 g/mol. The van der Waals surface area contributed by atoms with E-state index in [4.69, 9.17) is 4.74 Å². The number of imidazole rings is 2. The van der Waals surface area contributed by atoms with E-state index >= 15 is 0 Å². The van der Waals surface area contributed by atoms with Gasteiger partial charge in [0.15, 0.2) is 11.2 Å². The van der Waals surface area contributed by atoms with Gasteiger partial charge in [-0.25, -0.2) is 4.79 Å². The molecular formula is C19H27N5O4.